The van der Waals surface area contributed by atoms with Gasteiger partial charge in [0, 0.05) is 10.0 Å². The molecule has 5 heteroatoms. The second-order valence-electron chi connectivity index (χ2n) is 2.97. The molecule has 0 aliphatic heterocycles. The molecule has 1 N–H and O–H groups in total. The molecule has 0 saturated carbocycles. The van der Waals surface area contributed by atoms with Crippen LogP contribution in [-0.2, 0) is 0 Å². The Bertz CT molecular complexity index is 335. The van der Waals surface area contributed by atoms with E-state index in [0.29, 0.717) is 0 Å². The van der Waals surface area contributed by atoms with E-state index in [0.717, 1.165) is 5.56 Å². The molecule has 1 rings (SSSR count). The number of hydrogen-bond donors (Lipinski definition) is 1. The lowest BCUT2D eigenvalue weighted by Gasteiger charge is -2.16. The van der Waals surface area contributed by atoms with Crippen LogP contribution in [0.25, 0.3) is 0 Å². The van der Waals surface area contributed by atoms with E-state index < -0.39 is 12.3 Å². The van der Waals surface area contributed by atoms with Crippen LogP contribution in [0.15, 0.2) is 22.7 Å². The Morgan fingerprint density at radius 1 is 1.36 bits per heavy atom. The Labute approximate surface area is 87.7 Å². The standard InChI is InChI=1S/C9H8BrF3O/c1-5-2-3-6(7(10)4-5)8(14)9(11,12)13/h2-4,8,14H,1H3/t8-/m0/s1. The minimum atomic E-state index is -4.63. The van der Waals surface area contributed by atoms with Gasteiger partial charge in [0.2, 0.25) is 0 Å². The van der Waals surface area contributed by atoms with E-state index in [1.165, 1.54) is 18.2 Å². The summed E-state index contributed by atoms with van der Waals surface area (Å²) in [4.78, 5) is 0. The van der Waals surface area contributed by atoms with Crippen LogP contribution in [0.1, 0.15) is 17.2 Å². The molecular weight excluding hydrogens is 261 g/mol. The zero-order chi connectivity index (χ0) is 10.9. The number of alkyl halides is 3. The van der Waals surface area contributed by atoms with E-state index >= 15 is 0 Å². The summed E-state index contributed by atoms with van der Waals surface area (Å²) in [6, 6.07) is 4.32. The zero-order valence-electron chi connectivity index (χ0n) is 7.27. The van der Waals surface area contributed by atoms with Crippen molar-refractivity contribution in [2.45, 2.75) is 19.2 Å². The first-order valence-corrected chi connectivity index (χ1v) is 4.62. The van der Waals surface area contributed by atoms with Crippen LogP contribution in [0.4, 0.5) is 13.2 Å². The summed E-state index contributed by atoms with van der Waals surface area (Å²) in [6.45, 7) is 1.76. The lowest BCUT2D eigenvalue weighted by Crippen LogP contribution is -2.20. The molecule has 0 fully saturated rings. The third kappa shape index (κ3) is 2.48. The number of benzene rings is 1. The van der Waals surface area contributed by atoms with Crippen LogP contribution in [0.5, 0.6) is 0 Å². The molecule has 1 aromatic carbocycles. The third-order valence-electron chi connectivity index (χ3n) is 1.76. The molecule has 0 saturated heterocycles. The molecule has 1 atom stereocenters. The largest absolute Gasteiger partial charge is 0.418 e. The molecular formula is C9H8BrF3O. The van der Waals surface area contributed by atoms with Crippen LogP contribution in [-0.4, -0.2) is 11.3 Å². The molecule has 0 aromatic heterocycles. The average molecular weight is 269 g/mol. The summed E-state index contributed by atoms with van der Waals surface area (Å²) >= 11 is 2.98. The molecule has 0 aliphatic carbocycles. The van der Waals surface area contributed by atoms with Gasteiger partial charge in [-0.1, -0.05) is 28.1 Å². The summed E-state index contributed by atoms with van der Waals surface area (Å²) < 4.78 is 36.7. The van der Waals surface area contributed by atoms with Crippen molar-refractivity contribution in [3.63, 3.8) is 0 Å². The van der Waals surface area contributed by atoms with Gasteiger partial charge in [0.25, 0.3) is 0 Å². The second kappa shape index (κ2) is 3.90. The quantitative estimate of drug-likeness (QED) is 0.828. The molecule has 14 heavy (non-hydrogen) atoms. The smallest absolute Gasteiger partial charge is 0.379 e. The van der Waals surface area contributed by atoms with Crippen molar-refractivity contribution in [3.05, 3.63) is 33.8 Å². The number of halogens is 4. The highest BCUT2D eigenvalue weighted by atomic mass is 79.9. The number of hydrogen-bond acceptors (Lipinski definition) is 1. The second-order valence-corrected chi connectivity index (χ2v) is 3.82. The SMILES string of the molecule is Cc1ccc([C@H](O)C(F)(F)F)c(Br)c1. The molecule has 0 unspecified atom stereocenters. The van der Waals surface area contributed by atoms with Crippen molar-refractivity contribution >= 4 is 15.9 Å². The van der Waals surface area contributed by atoms with Gasteiger partial charge in [0.05, 0.1) is 0 Å². The maximum absolute atomic E-state index is 12.1. The van der Waals surface area contributed by atoms with Gasteiger partial charge < -0.3 is 5.11 Å². The molecule has 0 aliphatic rings. The first-order chi connectivity index (χ1) is 6.32. The van der Waals surface area contributed by atoms with Crippen molar-refractivity contribution in [2.24, 2.45) is 0 Å². The van der Waals surface area contributed by atoms with E-state index in [2.05, 4.69) is 15.9 Å². The molecule has 0 spiro atoms. The number of rotatable bonds is 1. The maximum atomic E-state index is 12.1. The number of aliphatic hydroxyl groups excluding tert-OH is 1. The highest BCUT2D eigenvalue weighted by Gasteiger charge is 2.40. The summed E-state index contributed by atoms with van der Waals surface area (Å²) in [5, 5.41) is 8.97. The number of aliphatic hydroxyl groups is 1. The van der Waals surface area contributed by atoms with Crippen molar-refractivity contribution < 1.29 is 18.3 Å². The van der Waals surface area contributed by atoms with Crippen LogP contribution in [0, 0.1) is 6.92 Å². The average Bonchev–Trinajstić information content (AvgIpc) is 2.01. The van der Waals surface area contributed by atoms with Crippen molar-refractivity contribution in [2.75, 3.05) is 0 Å². The molecule has 0 radical (unpaired) electrons. The highest BCUT2D eigenvalue weighted by molar-refractivity contribution is 9.10. The van der Waals surface area contributed by atoms with Gasteiger partial charge >= 0.3 is 6.18 Å². The van der Waals surface area contributed by atoms with Gasteiger partial charge in [-0.05, 0) is 18.6 Å². The van der Waals surface area contributed by atoms with E-state index in [9.17, 15) is 13.2 Å². The van der Waals surface area contributed by atoms with Gasteiger partial charge in [0.1, 0.15) is 0 Å². The fourth-order valence-corrected chi connectivity index (χ4v) is 1.74. The predicted octanol–water partition coefficient (Wildman–Crippen LogP) is 3.35. The molecule has 1 nitrogen and oxygen atoms in total. The summed E-state index contributed by atoms with van der Waals surface area (Å²) in [5.41, 5.74) is 0.665. The minimum Gasteiger partial charge on any atom is -0.379 e. The van der Waals surface area contributed by atoms with Crippen molar-refractivity contribution in [1.82, 2.24) is 0 Å². The van der Waals surface area contributed by atoms with Gasteiger partial charge in [-0.3, -0.25) is 0 Å². The van der Waals surface area contributed by atoms with Gasteiger partial charge in [0.15, 0.2) is 6.10 Å². The summed E-state index contributed by atoms with van der Waals surface area (Å²) in [6.07, 6.45) is -7.06. The molecule has 0 amide bonds. The Balaban J connectivity index is 3.08. The topological polar surface area (TPSA) is 20.2 Å². The number of aryl methyl sites for hydroxylation is 1. The fraction of sp³-hybridized carbons (Fsp3) is 0.333. The first kappa shape index (κ1) is 11.5. The van der Waals surface area contributed by atoms with E-state index in [1.807, 2.05) is 0 Å². The van der Waals surface area contributed by atoms with E-state index in [4.69, 9.17) is 5.11 Å². The Kier molecular flexibility index (Phi) is 3.21. The molecule has 78 valence electrons. The minimum absolute atomic E-state index is 0.164. The van der Waals surface area contributed by atoms with Crippen LogP contribution in [0.2, 0.25) is 0 Å². The lowest BCUT2D eigenvalue weighted by molar-refractivity contribution is -0.207. The molecule has 0 bridgehead atoms. The van der Waals surface area contributed by atoms with E-state index in [1.54, 1.807) is 6.92 Å². The molecule has 1 aromatic rings. The van der Waals surface area contributed by atoms with Gasteiger partial charge in [-0.15, -0.1) is 0 Å². The third-order valence-corrected chi connectivity index (χ3v) is 2.45. The summed E-state index contributed by atoms with van der Waals surface area (Å²) in [7, 11) is 0. The Morgan fingerprint density at radius 2 is 1.93 bits per heavy atom. The van der Waals surface area contributed by atoms with E-state index in [-0.39, 0.29) is 10.0 Å². The van der Waals surface area contributed by atoms with Crippen LogP contribution >= 0.6 is 15.9 Å². The first-order valence-electron chi connectivity index (χ1n) is 3.83. The van der Waals surface area contributed by atoms with Crippen LogP contribution in [0.3, 0.4) is 0 Å². The van der Waals surface area contributed by atoms with Crippen molar-refractivity contribution in [3.8, 4) is 0 Å². The lowest BCUT2D eigenvalue weighted by atomic mass is 10.1. The van der Waals surface area contributed by atoms with Gasteiger partial charge in [-0.25, -0.2) is 0 Å². The van der Waals surface area contributed by atoms with Crippen molar-refractivity contribution in [1.29, 1.82) is 0 Å². The fourth-order valence-electron chi connectivity index (χ4n) is 1.03. The zero-order valence-corrected chi connectivity index (χ0v) is 8.85. The monoisotopic (exact) mass is 268 g/mol. The Morgan fingerprint density at radius 3 is 2.36 bits per heavy atom. The summed E-state index contributed by atoms with van der Waals surface area (Å²) in [5.74, 6) is 0. The predicted molar refractivity (Wildman–Crippen MR) is 49.9 cm³/mol. The Hall–Kier alpha value is -0.550. The maximum Gasteiger partial charge on any atom is 0.418 e. The normalized spacial score (nSPS) is 14.1. The van der Waals surface area contributed by atoms with Crippen LogP contribution < -0.4 is 0 Å². The van der Waals surface area contributed by atoms with Gasteiger partial charge in [-0.2, -0.15) is 13.2 Å². The highest BCUT2D eigenvalue weighted by Crippen LogP contribution is 2.36. The molecule has 0 heterocycles.